The highest BCUT2D eigenvalue weighted by molar-refractivity contribution is 5.09. The Morgan fingerprint density at radius 3 is 2.82 bits per heavy atom. The maximum Gasteiger partial charge on any atom is 0.0132 e. The fourth-order valence-electron chi connectivity index (χ4n) is 4.63. The van der Waals surface area contributed by atoms with Crippen LogP contribution in [0.2, 0.25) is 0 Å². The van der Waals surface area contributed by atoms with E-state index in [0.717, 1.165) is 23.8 Å². The topological polar surface area (TPSA) is 12.0 Å². The minimum Gasteiger partial charge on any atom is -0.316 e. The quantitative estimate of drug-likeness (QED) is 0.726. The molecule has 2 bridgehead atoms. The molecule has 3 aliphatic rings. The first-order valence-electron chi connectivity index (χ1n) is 7.72. The first-order valence-corrected chi connectivity index (χ1v) is 7.72. The molecule has 17 heavy (non-hydrogen) atoms. The van der Waals surface area contributed by atoms with Crippen LogP contribution in [0, 0.1) is 17.8 Å². The first-order chi connectivity index (χ1) is 8.36. The SMILES string of the molecule is CNC(CC1=CCCCC1)C1CC2CCC1C2. The second kappa shape index (κ2) is 5.14. The van der Waals surface area contributed by atoms with E-state index in [1.165, 1.54) is 51.4 Å². The van der Waals surface area contributed by atoms with Gasteiger partial charge < -0.3 is 5.32 Å². The standard InChI is InChI=1S/C16H27N/c1-17-16(11-12-5-3-2-4-6-12)15-10-13-7-8-14(15)9-13/h5,13-17H,2-4,6-11H2,1H3. The molecule has 0 spiro atoms. The molecule has 96 valence electrons. The highest BCUT2D eigenvalue weighted by atomic mass is 14.9. The predicted octanol–water partition coefficient (Wildman–Crippen LogP) is 3.90. The fraction of sp³-hybridized carbons (Fsp3) is 0.875. The van der Waals surface area contributed by atoms with Crippen molar-refractivity contribution in [1.82, 2.24) is 5.32 Å². The minimum atomic E-state index is 0.773. The van der Waals surface area contributed by atoms with E-state index in [4.69, 9.17) is 0 Å². The number of nitrogens with one attached hydrogen (secondary N) is 1. The molecule has 3 aliphatic carbocycles. The van der Waals surface area contributed by atoms with E-state index in [1.54, 1.807) is 12.0 Å². The molecule has 0 heterocycles. The number of rotatable bonds is 4. The van der Waals surface area contributed by atoms with E-state index in [1.807, 2.05) is 0 Å². The zero-order valence-corrected chi connectivity index (χ0v) is 11.3. The lowest BCUT2D eigenvalue weighted by Gasteiger charge is -2.31. The van der Waals surface area contributed by atoms with Crippen molar-refractivity contribution < 1.29 is 0 Å². The van der Waals surface area contributed by atoms with Crippen LogP contribution < -0.4 is 5.32 Å². The van der Waals surface area contributed by atoms with Crippen molar-refractivity contribution in [1.29, 1.82) is 0 Å². The van der Waals surface area contributed by atoms with Crippen molar-refractivity contribution >= 4 is 0 Å². The Hall–Kier alpha value is -0.300. The van der Waals surface area contributed by atoms with Crippen molar-refractivity contribution in [3.05, 3.63) is 11.6 Å². The van der Waals surface area contributed by atoms with Gasteiger partial charge in [0.1, 0.15) is 0 Å². The molecule has 0 amide bonds. The number of fused-ring (bicyclic) bond motifs is 2. The van der Waals surface area contributed by atoms with Gasteiger partial charge in [0.2, 0.25) is 0 Å². The molecule has 0 aromatic carbocycles. The summed E-state index contributed by atoms with van der Waals surface area (Å²) in [5.41, 5.74) is 1.75. The highest BCUT2D eigenvalue weighted by Crippen LogP contribution is 2.50. The smallest absolute Gasteiger partial charge is 0.0132 e. The molecule has 1 heteroatoms. The van der Waals surface area contributed by atoms with Crippen molar-refractivity contribution in [2.24, 2.45) is 17.8 Å². The van der Waals surface area contributed by atoms with Gasteiger partial charge >= 0.3 is 0 Å². The fourth-order valence-corrected chi connectivity index (χ4v) is 4.63. The lowest BCUT2D eigenvalue weighted by Crippen LogP contribution is -2.37. The van der Waals surface area contributed by atoms with Gasteiger partial charge in [0.05, 0.1) is 0 Å². The summed E-state index contributed by atoms with van der Waals surface area (Å²) >= 11 is 0. The van der Waals surface area contributed by atoms with Crippen LogP contribution in [0.25, 0.3) is 0 Å². The van der Waals surface area contributed by atoms with Crippen LogP contribution in [0.4, 0.5) is 0 Å². The highest BCUT2D eigenvalue weighted by Gasteiger charge is 2.42. The lowest BCUT2D eigenvalue weighted by atomic mass is 9.80. The Kier molecular flexibility index (Phi) is 3.56. The molecule has 2 saturated carbocycles. The molecule has 0 radical (unpaired) electrons. The molecule has 0 aromatic rings. The third kappa shape index (κ3) is 2.45. The first kappa shape index (κ1) is 11.8. The summed E-state index contributed by atoms with van der Waals surface area (Å²) in [6.45, 7) is 0. The molecule has 2 fully saturated rings. The average molecular weight is 233 g/mol. The van der Waals surface area contributed by atoms with Gasteiger partial charge in [0, 0.05) is 6.04 Å². The number of hydrogen-bond donors (Lipinski definition) is 1. The van der Waals surface area contributed by atoms with Crippen LogP contribution in [-0.2, 0) is 0 Å². The minimum absolute atomic E-state index is 0.773. The van der Waals surface area contributed by atoms with Gasteiger partial charge in [0.15, 0.2) is 0 Å². The summed E-state index contributed by atoms with van der Waals surface area (Å²) in [7, 11) is 2.18. The third-order valence-electron chi connectivity index (χ3n) is 5.55. The molecule has 1 N–H and O–H groups in total. The summed E-state index contributed by atoms with van der Waals surface area (Å²) in [6, 6.07) is 0.773. The summed E-state index contributed by atoms with van der Waals surface area (Å²) < 4.78 is 0. The van der Waals surface area contributed by atoms with E-state index in [-0.39, 0.29) is 0 Å². The van der Waals surface area contributed by atoms with E-state index in [2.05, 4.69) is 18.4 Å². The molecule has 0 aromatic heterocycles. The van der Waals surface area contributed by atoms with Crippen LogP contribution in [0.5, 0.6) is 0 Å². The Morgan fingerprint density at radius 1 is 1.29 bits per heavy atom. The summed E-state index contributed by atoms with van der Waals surface area (Å²) in [4.78, 5) is 0. The maximum atomic E-state index is 3.64. The Bertz CT molecular complexity index is 294. The summed E-state index contributed by atoms with van der Waals surface area (Å²) in [5, 5.41) is 3.64. The van der Waals surface area contributed by atoms with E-state index in [9.17, 15) is 0 Å². The Labute approximate surface area is 106 Å². The van der Waals surface area contributed by atoms with Gasteiger partial charge in [-0.15, -0.1) is 0 Å². The van der Waals surface area contributed by atoms with Gasteiger partial charge in [-0.1, -0.05) is 18.1 Å². The maximum absolute atomic E-state index is 3.64. The molecular weight excluding hydrogens is 206 g/mol. The lowest BCUT2D eigenvalue weighted by molar-refractivity contribution is 0.253. The van der Waals surface area contributed by atoms with Gasteiger partial charge in [0.25, 0.3) is 0 Å². The van der Waals surface area contributed by atoms with Crippen LogP contribution in [-0.4, -0.2) is 13.1 Å². The third-order valence-corrected chi connectivity index (χ3v) is 5.55. The van der Waals surface area contributed by atoms with Crippen molar-refractivity contribution in [2.45, 2.75) is 63.8 Å². The van der Waals surface area contributed by atoms with Gasteiger partial charge in [-0.25, -0.2) is 0 Å². The van der Waals surface area contributed by atoms with E-state index < -0.39 is 0 Å². The second-order valence-electron chi connectivity index (χ2n) is 6.55. The van der Waals surface area contributed by atoms with Crippen LogP contribution in [0.1, 0.15) is 57.8 Å². The Balaban J connectivity index is 1.61. The largest absolute Gasteiger partial charge is 0.316 e. The molecule has 3 rings (SSSR count). The molecular formula is C16H27N. The van der Waals surface area contributed by atoms with Crippen LogP contribution in [0.3, 0.4) is 0 Å². The summed E-state index contributed by atoms with van der Waals surface area (Å²) in [6.07, 6.45) is 15.5. The van der Waals surface area contributed by atoms with Crippen molar-refractivity contribution in [3.8, 4) is 0 Å². The van der Waals surface area contributed by atoms with Gasteiger partial charge in [-0.2, -0.15) is 0 Å². The van der Waals surface area contributed by atoms with E-state index in [0.29, 0.717) is 0 Å². The van der Waals surface area contributed by atoms with Crippen LogP contribution in [0.15, 0.2) is 11.6 Å². The molecule has 0 aliphatic heterocycles. The molecule has 4 atom stereocenters. The monoisotopic (exact) mass is 233 g/mol. The van der Waals surface area contributed by atoms with Gasteiger partial charge in [-0.3, -0.25) is 0 Å². The second-order valence-corrected chi connectivity index (χ2v) is 6.55. The molecule has 0 saturated heterocycles. The zero-order chi connectivity index (χ0) is 11.7. The number of hydrogen-bond acceptors (Lipinski definition) is 1. The van der Waals surface area contributed by atoms with Crippen molar-refractivity contribution in [3.63, 3.8) is 0 Å². The normalized spacial score (nSPS) is 38.2. The van der Waals surface area contributed by atoms with E-state index >= 15 is 0 Å². The number of allylic oxidation sites excluding steroid dienone is 1. The molecule has 1 nitrogen and oxygen atoms in total. The molecule has 4 unspecified atom stereocenters. The Morgan fingerprint density at radius 2 is 2.24 bits per heavy atom. The van der Waals surface area contributed by atoms with Crippen molar-refractivity contribution in [2.75, 3.05) is 7.05 Å². The van der Waals surface area contributed by atoms with Crippen LogP contribution >= 0.6 is 0 Å². The van der Waals surface area contributed by atoms with Gasteiger partial charge in [-0.05, 0) is 76.2 Å². The zero-order valence-electron chi connectivity index (χ0n) is 11.3. The predicted molar refractivity (Wildman–Crippen MR) is 73.0 cm³/mol. The summed E-state index contributed by atoms with van der Waals surface area (Å²) in [5.74, 6) is 3.13. The average Bonchev–Trinajstić information content (AvgIpc) is 2.99.